The first-order chi connectivity index (χ1) is 7.92. The van der Waals surface area contributed by atoms with Crippen LogP contribution in [0.4, 0.5) is 5.13 Å². The lowest BCUT2D eigenvalue weighted by molar-refractivity contribution is 0.954. The zero-order chi connectivity index (χ0) is 10.8. The lowest BCUT2D eigenvalue weighted by Crippen LogP contribution is -2.23. The van der Waals surface area contributed by atoms with Gasteiger partial charge in [0.25, 0.3) is 0 Å². The Morgan fingerprint density at radius 3 is 2.94 bits per heavy atom. The average molecular weight is 273 g/mol. The molecule has 2 aliphatic rings. The van der Waals surface area contributed by atoms with Crippen molar-refractivity contribution in [3.05, 3.63) is 5.01 Å². The smallest absolute Gasteiger partial charge is 0.205 e. The van der Waals surface area contributed by atoms with E-state index < -0.39 is 0 Å². The van der Waals surface area contributed by atoms with Crippen molar-refractivity contribution in [3.8, 4) is 0 Å². The van der Waals surface area contributed by atoms with Gasteiger partial charge in [-0.1, -0.05) is 11.3 Å². The van der Waals surface area contributed by atoms with E-state index in [9.17, 15) is 0 Å². The van der Waals surface area contributed by atoms with E-state index in [4.69, 9.17) is 0 Å². The Hall–Kier alpha value is 0.0600. The fourth-order valence-corrected chi connectivity index (χ4v) is 5.19. The molecule has 1 atom stereocenters. The molecule has 1 aliphatic heterocycles. The van der Waals surface area contributed by atoms with Crippen LogP contribution in [0.25, 0.3) is 0 Å². The Balaban J connectivity index is 1.49. The number of hydrogen-bond acceptors (Lipinski definition) is 6. The summed E-state index contributed by atoms with van der Waals surface area (Å²) < 4.78 is 0. The molecule has 16 heavy (non-hydrogen) atoms. The Morgan fingerprint density at radius 1 is 1.25 bits per heavy atom. The maximum absolute atomic E-state index is 4.24. The molecule has 2 fully saturated rings. The molecular formula is C10H15N3S3. The fourth-order valence-electron chi connectivity index (χ4n) is 1.66. The van der Waals surface area contributed by atoms with Gasteiger partial charge in [0.1, 0.15) is 5.01 Å². The number of aromatic nitrogens is 2. The summed E-state index contributed by atoms with van der Waals surface area (Å²) in [6.45, 7) is 1.04. The quantitative estimate of drug-likeness (QED) is 0.913. The highest BCUT2D eigenvalue weighted by Gasteiger charge is 2.27. The van der Waals surface area contributed by atoms with Crippen LogP contribution in [0.1, 0.15) is 23.8 Å². The number of thioether (sulfide) groups is 2. The standard InChI is InChI=1S/C10H15N3S3/c1-2-7(1)9-12-13-10(16-9)11-5-8-6-14-3-4-15-8/h7-8H,1-6H2,(H,11,13)/t8-/m0/s1. The third-order valence-electron chi connectivity index (χ3n) is 2.73. The Kier molecular flexibility index (Phi) is 3.59. The lowest BCUT2D eigenvalue weighted by atomic mass is 10.5. The number of hydrogen-bond donors (Lipinski definition) is 1. The molecule has 3 nitrogen and oxygen atoms in total. The van der Waals surface area contributed by atoms with Gasteiger partial charge < -0.3 is 5.32 Å². The molecule has 0 spiro atoms. The number of nitrogens with one attached hydrogen (secondary N) is 1. The van der Waals surface area contributed by atoms with E-state index in [-0.39, 0.29) is 0 Å². The molecule has 0 aromatic carbocycles. The van der Waals surface area contributed by atoms with Crippen LogP contribution in [0.3, 0.4) is 0 Å². The molecule has 88 valence electrons. The van der Waals surface area contributed by atoms with E-state index in [1.165, 1.54) is 35.1 Å². The number of rotatable bonds is 4. The Labute approximate surface area is 108 Å². The molecule has 1 aliphatic carbocycles. The maximum Gasteiger partial charge on any atom is 0.205 e. The molecule has 0 amide bonds. The van der Waals surface area contributed by atoms with Crippen LogP contribution in [0, 0.1) is 0 Å². The zero-order valence-corrected chi connectivity index (χ0v) is 11.5. The second-order valence-electron chi connectivity index (χ2n) is 4.17. The summed E-state index contributed by atoms with van der Waals surface area (Å²) in [7, 11) is 0. The van der Waals surface area contributed by atoms with Crippen molar-refractivity contribution in [2.45, 2.75) is 24.0 Å². The first-order valence-electron chi connectivity index (χ1n) is 5.68. The average Bonchev–Trinajstić information content (AvgIpc) is 3.08. The van der Waals surface area contributed by atoms with E-state index in [2.05, 4.69) is 39.0 Å². The number of nitrogens with zero attached hydrogens (tertiary/aromatic N) is 2. The van der Waals surface area contributed by atoms with Crippen molar-refractivity contribution < 1.29 is 0 Å². The SMILES string of the molecule is C1CS[C@@H](CNc2nnc(C3CC3)s2)CS1. The van der Waals surface area contributed by atoms with Crippen LogP contribution in [0.2, 0.25) is 0 Å². The third-order valence-corrected chi connectivity index (χ3v) is 6.62. The van der Waals surface area contributed by atoms with Gasteiger partial charge >= 0.3 is 0 Å². The topological polar surface area (TPSA) is 37.8 Å². The van der Waals surface area contributed by atoms with Gasteiger partial charge in [-0.3, -0.25) is 0 Å². The molecule has 1 saturated carbocycles. The van der Waals surface area contributed by atoms with Crippen LogP contribution in [0.15, 0.2) is 0 Å². The van der Waals surface area contributed by atoms with Gasteiger partial charge in [0, 0.05) is 35.0 Å². The van der Waals surface area contributed by atoms with Gasteiger partial charge in [0.2, 0.25) is 5.13 Å². The minimum atomic E-state index is 0.729. The first kappa shape index (κ1) is 11.2. The van der Waals surface area contributed by atoms with Crippen molar-refractivity contribution in [2.24, 2.45) is 0 Å². The molecule has 0 unspecified atom stereocenters. The Bertz CT molecular complexity index is 345. The van der Waals surface area contributed by atoms with E-state index in [0.717, 1.165) is 22.8 Å². The highest BCUT2D eigenvalue weighted by molar-refractivity contribution is 8.06. The Morgan fingerprint density at radius 2 is 2.19 bits per heavy atom. The van der Waals surface area contributed by atoms with Gasteiger partial charge in [0.05, 0.1) is 0 Å². The third kappa shape index (κ3) is 2.84. The summed E-state index contributed by atoms with van der Waals surface area (Å²) in [4.78, 5) is 0. The molecule has 3 rings (SSSR count). The molecule has 6 heteroatoms. The summed E-state index contributed by atoms with van der Waals surface area (Å²) in [6, 6.07) is 0. The summed E-state index contributed by atoms with van der Waals surface area (Å²) in [5.41, 5.74) is 0. The monoisotopic (exact) mass is 273 g/mol. The van der Waals surface area contributed by atoms with Crippen molar-refractivity contribution in [3.63, 3.8) is 0 Å². The molecule has 0 radical (unpaired) electrons. The predicted molar refractivity (Wildman–Crippen MR) is 73.9 cm³/mol. The van der Waals surface area contributed by atoms with Gasteiger partial charge in [0.15, 0.2) is 0 Å². The van der Waals surface area contributed by atoms with E-state index in [1.54, 1.807) is 11.3 Å². The normalized spacial score (nSPS) is 25.6. The van der Waals surface area contributed by atoms with Crippen LogP contribution < -0.4 is 5.32 Å². The summed E-state index contributed by atoms with van der Waals surface area (Å²) in [5.74, 6) is 4.60. The van der Waals surface area contributed by atoms with Crippen molar-refractivity contribution in [1.29, 1.82) is 0 Å². The number of anilines is 1. The minimum Gasteiger partial charge on any atom is -0.359 e. The van der Waals surface area contributed by atoms with Crippen molar-refractivity contribution in [2.75, 3.05) is 29.1 Å². The maximum atomic E-state index is 4.24. The van der Waals surface area contributed by atoms with Gasteiger partial charge in [-0.05, 0) is 12.8 Å². The summed E-state index contributed by atoms with van der Waals surface area (Å²) in [5, 5.41) is 14.9. The zero-order valence-electron chi connectivity index (χ0n) is 9.02. The molecular weight excluding hydrogens is 258 g/mol. The van der Waals surface area contributed by atoms with Crippen LogP contribution in [-0.2, 0) is 0 Å². The van der Waals surface area contributed by atoms with E-state index in [0.29, 0.717) is 0 Å². The fraction of sp³-hybridized carbons (Fsp3) is 0.800. The van der Waals surface area contributed by atoms with Gasteiger partial charge in [-0.15, -0.1) is 10.2 Å². The van der Waals surface area contributed by atoms with E-state index in [1.807, 2.05) is 0 Å². The highest BCUT2D eigenvalue weighted by Crippen LogP contribution is 2.42. The molecule has 1 aromatic rings. The second kappa shape index (κ2) is 5.14. The lowest BCUT2D eigenvalue weighted by Gasteiger charge is -2.20. The van der Waals surface area contributed by atoms with Gasteiger partial charge in [-0.2, -0.15) is 23.5 Å². The second-order valence-corrected chi connectivity index (χ2v) is 7.74. The van der Waals surface area contributed by atoms with Crippen LogP contribution >= 0.6 is 34.9 Å². The molecule has 1 aromatic heterocycles. The van der Waals surface area contributed by atoms with E-state index >= 15 is 0 Å². The highest BCUT2D eigenvalue weighted by atomic mass is 32.2. The molecule has 1 saturated heterocycles. The first-order valence-corrected chi connectivity index (χ1v) is 8.70. The molecule has 2 heterocycles. The van der Waals surface area contributed by atoms with Crippen molar-refractivity contribution >= 4 is 40.0 Å². The van der Waals surface area contributed by atoms with Crippen LogP contribution in [-0.4, -0.2) is 39.3 Å². The summed E-state index contributed by atoms with van der Waals surface area (Å²) >= 11 is 5.89. The van der Waals surface area contributed by atoms with Crippen molar-refractivity contribution in [1.82, 2.24) is 10.2 Å². The largest absolute Gasteiger partial charge is 0.359 e. The minimum absolute atomic E-state index is 0.729. The summed E-state index contributed by atoms with van der Waals surface area (Å²) in [6.07, 6.45) is 2.62. The van der Waals surface area contributed by atoms with Gasteiger partial charge in [-0.25, -0.2) is 0 Å². The molecule has 1 N–H and O–H groups in total. The predicted octanol–water partition coefficient (Wildman–Crippen LogP) is 2.68. The van der Waals surface area contributed by atoms with Crippen LogP contribution in [0.5, 0.6) is 0 Å². The molecule has 0 bridgehead atoms.